The van der Waals surface area contributed by atoms with E-state index in [9.17, 15) is 9.18 Å². The highest BCUT2D eigenvalue weighted by Crippen LogP contribution is 2.21. The van der Waals surface area contributed by atoms with E-state index in [4.69, 9.17) is 4.74 Å². The first-order valence-electron chi connectivity index (χ1n) is 7.88. The summed E-state index contributed by atoms with van der Waals surface area (Å²) in [5.41, 5.74) is 0.623. The van der Waals surface area contributed by atoms with Crippen LogP contribution in [0, 0.1) is 5.82 Å². The lowest BCUT2D eigenvalue weighted by molar-refractivity contribution is 0.0905. The van der Waals surface area contributed by atoms with Crippen molar-refractivity contribution in [3.8, 4) is 11.5 Å². The lowest BCUT2D eigenvalue weighted by Crippen LogP contribution is -2.36. The van der Waals surface area contributed by atoms with E-state index in [0.29, 0.717) is 18.0 Å². The molecule has 0 aliphatic heterocycles. The molecule has 0 saturated carbocycles. The van der Waals surface area contributed by atoms with Gasteiger partial charge in [0.1, 0.15) is 17.1 Å². The van der Waals surface area contributed by atoms with Crippen molar-refractivity contribution in [1.29, 1.82) is 0 Å². The molecule has 0 unspecified atom stereocenters. The number of nitrogens with one attached hydrogen (secondary N) is 1. The van der Waals surface area contributed by atoms with Gasteiger partial charge in [-0.05, 0) is 31.2 Å². The number of rotatable bonds is 6. The molecule has 0 radical (unpaired) electrons. The number of para-hydroxylation sites is 1. The Labute approximate surface area is 144 Å². The van der Waals surface area contributed by atoms with E-state index in [0.717, 1.165) is 0 Å². The molecule has 1 amide bonds. The van der Waals surface area contributed by atoms with Gasteiger partial charge >= 0.3 is 0 Å². The fraction of sp³-hybridized carbons (Fsp3) is 0.222. The van der Waals surface area contributed by atoms with Crippen molar-refractivity contribution in [2.45, 2.75) is 13.0 Å². The molecular formula is C18H19FN4O2. The Hall–Kier alpha value is -2.93. The summed E-state index contributed by atoms with van der Waals surface area (Å²) < 4.78 is 22.4. The standard InChI is InChI=1S/C18H19FN4O2/c1-13(12-25-2)21-17(24)14-11-20-23(16-8-4-3-7-15(16)19)18(14)22-9-5-6-10-22/h3-11,13H,12H2,1-2H3,(H,21,24)/t13-/m0/s1. The Morgan fingerprint density at radius 1 is 1.28 bits per heavy atom. The van der Waals surface area contributed by atoms with E-state index >= 15 is 0 Å². The molecule has 3 rings (SSSR count). The molecule has 25 heavy (non-hydrogen) atoms. The van der Waals surface area contributed by atoms with Crippen LogP contribution in [-0.4, -0.2) is 40.0 Å². The lowest BCUT2D eigenvalue weighted by Gasteiger charge is -2.14. The summed E-state index contributed by atoms with van der Waals surface area (Å²) in [5.74, 6) is -0.244. The largest absolute Gasteiger partial charge is 0.383 e. The second kappa shape index (κ2) is 7.31. The summed E-state index contributed by atoms with van der Waals surface area (Å²) in [6.07, 6.45) is 5.00. The first kappa shape index (κ1) is 16.9. The van der Waals surface area contributed by atoms with Gasteiger partial charge in [0.2, 0.25) is 0 Å². The maximum Gasteiger partial charge on any atom is 0.257 e. The molecule has 1 aromatic carbocycles. The van der Waals surface area contributed by atoms with Gasteiger partial charge in [-0.3, -0.25) is 4.79 Å². The quantitative estimate of drug-likeness (QED) is 0.749. The van der Waals surface area contributed by atoms with Crippen LogP contribution in [-0.2, 0) is 4.74 Å². The normalized spacial score (nSPS) is 12.1. The molecule has 1 N–H and O–H groups in total. The predicted octanol–water partition coefficient (Wildman–Crippen LogP) is 2.57. The summed E-state index contributed by atoms with van der Waals surface area (Å²) in [6, 6.07) is 9.80. The highest BCUT2D eigenvalue weighted by Gasteiger charge is 2.22. The van der Waals surface area contributed by atoms with Crippen molar-refractivity contribution in [3.63, 3.8) is 0 Å². The zero-order valence-corrected chi connectivity index (χ0v) is 14.0. The predicted molar refractivity (Wildman–Crippen MR) is 91.7 cm³/mol. The highest BCUT2D eigenvalue weighted by molar-refractivity contribution is 5.97. The Kier molecular flexibility index (Phi) is 4.95. The number of halogens is 1. The number of aromatic nitrogens is 3. The molecule has 0 fully saturated rings. The number of hydrogen-bond donors (Lipinski definition) is 1. The number of methoxy groups -OCH3 is 1. The minimum absolute atomic E-state index is 0.160. The third kappa shape index (κ3) is 3.46. The van der Waals surface area contributed by atoms with Crippen LogP contribution in [0.15, 0.2) is 55.0 Å². The molecule has 130 valence electrons. The molecule has 0 saturated heterocycles. The van der Waals surface area contributed by atoms with Crippen LogP contribution in [0.1, 0.15) is 17.3 Å². The van der Waals surface area contributed by atoms with Crippen LogP contribution in [0.4, 0.5) is 4.39 Å². The number of benzene rings is 1. The second-order valence-electron chi connectivity index (χ2n) is 5.67. The maximum absolute atomic E-state index is 14.2. The molecule has 2 aromatic heterocycles. The van der Waals surface area contributed by atoms with E-state index in [1.54, 1.807) is 42.3 Å². The monoisotopic (exact) mass is 342 g/mol. The van der Waals surface area contributed by atoms with Crippen LogP contribution in [0.3, 0.4) is 0 Å². The van der Waals surface area contributed by atoms with Crippen molar-refractivity contribution >= 4 is 5.91 Å². The van der Waals surface area contributed by atoms with Gasteiger partial charge in [-0.25, -0.2) is 9.07 Å². The third-order valence-corrected chi connectivity index (χ3v) is 3.71. The van der Waals surface area contributed by atoms with E-state index in [1.807, 2.05) is 19.1 Å². The summed E-state index contributed by atoms with van der Waals surface area (Å²) >= 11 is 0. The van der Waals surface area contributed by atoms with Crippen molar-refractivity contribution in [3.05, 3.63) is 66.4 Å². The van der Waals surface area contributed by atoms with E-state index < -0.39 is 5.82 Å². The molecule has 0 spiro atoms. The number of ether oxygens (including phenoxy) is 1. The SMILES string of the molecule is COC[C@H](C)NC(=O)c1cnn(-c2ccccc2F)c1-n1cccc1. The number of carbonyl (C=O) groups is 1. The molecule has 0 aliphatic carbocycles. The summed E-state index contributed by atoms with van der Waals surface area (Å²) in [6.45, 7) is 2.24. The average molecular weight is 342 g/mol. The van der Waals surface area contributed by atoms with Crippen molar-refractivity contribution in [1.82, 2.24) is 19.7 Å². The van der Waals surface area contributed by atoms with Crippen LogP contribution in [0.25, 0.3) is 11.5 Å². The van der Waals surface area contributed by atoms with Gasteiger partial charge in [0.25, 0.3) is 5.91 Å². The van der Waals surface area contributed by atoms with E-state index in [2.05, 4.69) is 10.4 Å². The maximum atomic E-state index is 14.2. The molecule has 0 aliphatic rings. The molecule has 2 heterocycles. The fourth-order valence-electron chi connectivity index (χ4n) is 2.62. The van der Waals surface area contributed by atoms with Crippen molar-refractivity contribution in [2.24, 2.45) is 0 Å². The second-order valence-corrected chi connectivity index (χ2v) is 5.67. The number of amides is 1. The summed E-state index contributed by atoms with van der Waals surface area (Å²) in [7, 11) is 1.57. The third-order valence-electron chi connectivity index (χ3n) is 3.71. The Balaban J connectivity index is 2.06. The minimum Gasteiger partial charge on any atom is -0.383 e. The summed E-state index contributed by atoms with van der Waals surface area (Å²) in [4.78, 5) is 12.6. The zero-order chi connectivity index (χ0) is 17.8. The lowest BCUT2D eigenvalue weighted by atomic mass is 10.2. The number of hydrogen-bond acceptors (Lipinski definition) is 3. The van der Waals surface area contributed by atoms with Crippen LogP contribution >= 0.6 is 0 Å². The van der Waals surface area contributed by atoms with Crippen molar-refractivity contribution in [2.75, 3.05) is 13.7 Å². The first-order valence-corrected chi connectivity index (χ1v) is 7.88. The highest BCUT2D eigenvalue weighted by atomic mass is 19.1. The molecule has 1 atom stereocenters. The van der Waals surface area contributed by atoms with Gasteiger partial charge in [-0.2, -0.15) is 5.10 Å². The molecular weight excluding hydrogens is 323 g/mol. The van der Waals surface area contributed by atoms with Gasteiger partial charge in [0.05, 0.1) is 12.8 Å². The van der Waals surface area contributed by atoms with Crippen LogP contribution in [0.5, 0.6) is 0 Å². The molecule has 3 aromatic rings. The smallest absolute Gasteiger partial charge is 0.257 e. The Bertz CT molecular complexity index is 858. The average Bonchev–Trinajstić information content (AvgIpc) is 3.24. The Morgan fingerprint density at radius 3 is 2.68 bits per heavy atom. The fourth-order valence-corrected chi connectivity index (χ4v) is 2.62. The van der Waals surface area contributed by atoms with Crippen molar-refractivity contribution < 1.29 is 13.9 Å². The molecule has 6 nitrogen and oxygen atoms in total. The first-order chi connectivity index (χ1) is 12.1. The minimum atomic E-state index is -0.418. The van der Waals surface area contributed by atoms with E-state index in [1.165, 1.54) is 16.9 Å². The zero-order valence-electron chi connectivity index (χ0n) is 14.0. The van der Waals surface area contributed by atoms with Gasteiger partial charge in [-0.1, -0.05) is 12.1 Å². The summed E-state index contributed by atoms with van der Waals surface area (Å²) in [5, 5.41) is 7.10. The van der Waals surface area contributed by atoms with Gasteiger partial charge in [0, 0.05) is 25.5 Å². The van der Waals surface area contributed by atoms with Gasteiger partial charge < -0.3 is 14.6 Å². The van der Waals surface area contributed by atoms with Crippen LogP contribution < -0.4 is 5.32 Å². The van der Waals surface area contributed by atoms with Gasteiger partial charge in [0.15, 0.2) is 5.82 Å². The van der Waals surface area contributed by atoms with E-state index in [-0.39, 0.29) is 17.6 Å². The Morgan fingerprint density at radius 2 is 2.00 bits per heavy atom. The topological polar surface area (TPSA) is 61.1 Å². The molecule has 7 heteroatoms. The molecule has 0 bridgehead atoms. The number of carbonyl (C=O) groups excluding carboxylic acids is 1. The van der Waals surface area contributed by atoms with Gasteiger partial charge in [-0.15, -0.1) is 0 Å². The number of nitrogens with zero attached hydrogens (tertiary/aromatic N) is 3. The van der Waals surface area contributed by atoms with Crippen LogP contribution in [0.2, 0.25) is 0 Å².